The zero-order chi connectivity index (χ0) is 17.6. The summed E-state index contributed by atoms with van der Waals surface area (Å²) in [5, 5.41) is 5.27. The molecule has 0 fully saturated rings. The van der Waals surface area contributed by atoms with Crippen LogP contribution in [-0.2, 0) is 19.6 Å². The maximum Gasteiger partial charge on any atom is 0.239 e. The van der Waals surface area contributed by atoms with Gasteiger partial charge in [0.25, 0.3) is 0 Å². The molecule has 0 aliphatic carbocycles. The molecule has 1 aromatic rings. The molecule has 0 heterocycles. The van der Waals surface area contributed by atoms with Crippen LogP contribution < -0.4 is 10.6 Å². The van der Waals surface area contributed by atoms with Crippen molar-refractivity contribution >= 4 is 33.2 Å². The van der Waals surface area contributed by atoms with E-state index in [9.17, 15) is 18.0 Å². The molecule has 0 bridgehead atoms. The molecule has 0 aliphatic rings. The summed E-state index contributed by atoms with van der Waals surface area (Å²) in [6, 6.07) is 6.33. The van der Waals surface area contributed by atoms with E-state index >= 15 is 0 Å². The third-order valence-corrected chi connectivity index (χ3v) is 4.64. The van der Waals surface area contributed by atoms with Crippen LogP contribution in [-0.4, -0.2) is 43.4 Å². The smallest absolute Gasteiger partial charge is 0.239 e. The summed E-state index contributed by atoms with van der Waals surface area (Å²) in [5.41, 5.74) is 1.15. The highest BCUT2D eigenvalue weighted by molar-refractivity contribution is 7.88. The Bertz CT molecular complexity index is 656. The molecule has 128 valence electrons. The van der Waals surface area contributed by atoms with Gasteiger partial charge in [0.15, 0.2) is 0 Å². The van der Waals surface area contributed by atoms with Gasteiger partial charge in [0, 0.05) is 24.3 Å². The van der Waals surface area contributed by atoms with Gasteiger partial charge in [-0.2, -0.15) is 4.31 Å². The van der Waals surface area contributed by atoms with Crippen LogP contribution in [0.1, 0.15) is 27.2 Å². The first kappa shape index (κ1) is 19.1. The highest BCUT2D eigenvalue weighted by atomic mass is 32.2. The lowest BCUT2D eigenvalue weighted by molar-refractivity contribution is -0.116. The molecule has 1 unspecified atom stereocenters. The second-order valence-corrected chi connectivity index (χ2v) is 7.31. The predicted octanol–water partition coefficient (Wildman–Crippen LogP) is 1.64. The van der Waals surface area contributed by atoms with E-state index in [4.69, 9.17) is 0 Å². The largest absolute Gasteiger partial charge is 0.326 e. The standard InChI is InChI=1S/C15H23N3O4S/c1-5-11(2)18(23(4,21)22)10-15(20)17-14-8-6-13(7-9-14)16-12(3)19/h6-9,11H,5,10H2,1-4H3,(H,16,19)(H,17,20). The number of rotatable bonds is 7. The minimum atomic E-state index is -3.46. The van der Waals surface area contributed by atoms with Crippen LogP contribution >= 0.6 is 0 Å². The number of nitrogens with one attached hydrogen (secondary N) is 2. The van der Waals surface area contributed by atoms with Crippen molar-refractivity contribution in [2.45, 2.75) is 33.2 Å². The molecule has 0 aromatic heterocycles. The third kappa shape index (κ3) is 6.37. The second kappa shape index (κ2) is 8.07. The van der Waals surface area contributed by atoms with Crippen LogP contribution in [0.5, 0.6) is 0 Å². The van der Waals surface area contributed by atoms with E-state index in [1.807, 2.05) is 6.92 Å². The lowest BCUT2D eigenvalue weighted by Gasteiger charge is -2.25. The summed E-state index contributed by atoms with van der Waals surface area (Å²) in [5.74, 6) is -0.595. The highest BCUT2D eigenvalue weighted by Gasteiger charge is 2.24. The van der Waals surface area contributed by atoms with Crippen LogP contribution in [0.15, 0.2) is 24.3 Å². The molecule has 1 atom stereocenters. The van der Waals surface area contributed by atoms with Crippen molar-refractivity contribution in [3.8, 4) is 0 Å². The van der Waals surface area contributed by atoms with E-state index in [2.05, 4.69) is 10.6 Å². The van der Waals surface area contributed by atoms with Gasteiger partial charge in [-0.25, -0.2) is 8.42 Å². The van der Waals surface area contributed by atoms with Gasteiger partial charge in [-0.05, 0) is 37.6 Å². The summed E-state index contributed by atoms with van der Waals surface area (Å²) in [4.78, 5) is 23.0. The third-order valence-electron chi connectivity index (χ3n) is 3.30. The molecular weight excluding hydrogens is 318 g/mol. The predicted molar refractivity (Wildman–Crippen MR) is 90.7 cm³/mol. The molecular formula is C15H23N3O4S. The van der Waals surface area contributed by atoms with Crippen molar-refractivity contribution in [3.63, 3.8) is 0 Å². The molecule has 0 saturated carbocycles. The van der Waals surface area contributed by atoms with Crippen molar-refractivity contribution < 1.29 is 18.0 Å². The molecule has 0 spiro atoms. The summed E-state index contributed by atoms with van der Waals surface area (Å²) in [6.07, 6.45) is 1.71. The van der Waals surface area contributed by atoms with Crippen LogP contribution in [0, 0.1) is 0 Å². The van der Waals surface area contributed by atoms with Gasteiger partial charge in [-0.15, -0.1) is 0 Å². The Morgan fingerprint density at radius 1 is 1.13 bits per heavy atom. The van der Waals surface area contributed by atoms with E-state index in [-0.39, 0.29) is 18.5 Å². The average molecular weight is 341 g/mol. The Kier molecular flexibility index (Phi) is 6.71. The van der Waals surface area contributed by atoms with E-state index in [1.165, 1.54) is 11.2 Å². The van der Waals surface area contributed by atoms with Gasteiger partial charge in [0.1, 0.15) is 0 Å². The first-order valence-corrected chi connectivity index (χ1v) is 9.12. The minimum Gasteiger partial charge on any atom is -0.326 e. The Labute approximate surface area is 137 Å². The number of benzene rings is 1. The van der Waals surface area contributed by atoms with Crippen molar-refractivity contribution in [3.05, 3.63) is 24.3 Å². The van der Waals surface area contributed by atoms with Crippen LogP contribution in [0.25, 0.3) is 0 Å². The van der Waals surface area contributed by atoms with E-state index in [1.54, 1.807) is 31.2 Å². The monoisotopic (exact) mass is 341 g/mol. The zero-order valence-electron chi connectivity index (χ0n) is 13.8. The van der Waals surface area contributed by atoms with Gasteiger partial charge in [0.2, 0.25) is 21.8 Å². The first-order valence-electron chi connectivity index (χ1n) is 7.27. The normalized spacial score (nSPS) is 12.7. The number of anilines is 2. The number of sulfonamides is 1. The lowest BCUT2D eigenvalue weighted by atomic mass is 10.2. The lowest BCUT2D eigenvalue weighted by Crippen LogP contribution is -2.42. The van der Waals surface area contributed by atoms with Crippen molar-refractivity contribution in [1.29, 1.82) is 0 Å². The molecule has 2 N–H and O–H groups in total. The number of carbonyl (C=O) groups excluding carboxylic acids is 2. The van der Waals surface area contributed by atoms with Gasteiger partial charge in [0.05, 0.1) is 12.8 Å². The van der Waals surface area contributed by atoms with Crippen LogP contribution in [0.2, 0.25) is 0 Å². The van der Waals surface area contributed by atoms with Crippen molar-refractivity contribution in [1.82, 2.24) is 4.31 Å². The second-order valence-electron chi connectivity index (χ2n) is 5.37. The highest BCUT2D eigenvalue weighted by Crippen LogP contribution is 2.14. The minimum absolute atomic E-state index is 0.181. The molecule has 1 aromatic carbocycles. The Morgan fingerprint density at radius 3 is 2.00 bits per heavy atom. The Hall–Kier alpha value is -1.93. The van der Waals surface area contributed by atoms with Gasteiger partial charge >= 0.3 is 0 Å². The molecule has 23 heavy (non-hydrogen) atoms. The fraction of sp³-hybridized carbons (Fsp3) is 0.467. The Morgan fingerprint density at radius 2 is 1.61 bits per heavy atom. The molecule has 2 amide bonds. The van der Waals surface area contributed by atoms with E-state index in [0.29, 0.717) is 17.8 Å². The number of nitrogens with zero attached hydrogens (tertiary/aromatic N) is 1. The molecule has 7 nitrogen and oxygen atoms in total. The van der Waals surface area contributed by atoms with Gasteiger partial charge < -0.3 is 10.6 Å². The topological polar surface area (TPSA) is 95.6 Å². The SMILES string of the molecule is CCC(C)N(CC(=O)Nc1ccc(NC(C)=O)cc1)S(C)(=O)=O. The summed E-state index contributed by atoms with van der Waals surface area (Å²) in [7, 11) is -3.46. The summed E-state index contributed by atoms with van der Waals surface area (Å²) in [6.45, 7) is 4.80. The fourth-order valence-corrected chi connectivity index (χ4v) is 3.14. The zero-order valence-corrected chi connectivity index (χ0v) is 14.6. The molecule has 0 aliphatic heterocycles. The number of hydrogen-bond donors (Lipinski definition) is 2. The average Bonchev–Trinajstić information content (AvgIpc) is 2.44. The summed E-state index contributed by atoms with van der Waals surface area (Å²) >= 11 is 0. The maximum atomic E-state index is 12.1. The van der Waals surface area contributed by atoms with Crippen molar-refractivity contribution in [2.24, 2.45) is 0 Å². The van der Waals surface area contributed by atoms with Crippen LogP contribution in [0.3, 0.4) is 0 Å². The maximum absolute atomic E-state index is 12.1. The van der Waals surface area contributed by atoms with Gasteiger partial charge in [-0.1, -0.05) is 6.92 Å². The molecule has 1 rings (SSSR count). The molecule has 0 radical (unpaired) electrons. The van der Waals surface area contributed by atoms with Crippen LogP contribution in [0.4, 0.5) is 11.4 Å². The number of carbonyl (C=O) groups is 2. The quantitative estimate of drug-likeness (QED) is 0.788. The van der Waals surface area contributed by atoms with E-state index < -0.39 is 15.9 Å². The summed E-state index contributed by atoms with van der Waals surface area (Å²) < 4.78 is 24.7. The van der Waals surface area contributed by atoms with E-state index in [0.717, 1.165) is 6.26 Å². The Balaban J connectivity index is 2.73. The number of amides is 2. The van der Waals surface area contributed by atoms with Gasteiger partial charge in [-0.3, -0.25) is 9.59 Å². The first-order chi connectivity index (χ1) is 10.6. The molecule has 0 saturated heterocycles. The molecule has 8 heteroatoms. The fourth-order valence-electron chi connectivity index (χ4n) is 1.99. The van der Waals surface area contributed by atoms with Crippen molar-refractivity contribution in [2.75, 3.05) is 23.4 Å². The number of hydrogen-bond acceptors (Lipinski definition) is 4.